The van der Waals surface area contributed by atoms with E-state index in [4.69, 9.17) is 0 Å². The van der Waals surface area contributed by atoms with E-state index in [1.54, 1.807) is 12.1 Å². The van der Waals surface area contributed by atoms with Crippen molar-refractivity contribution < 1.29 is 14.7 Å². The van der Waals surface area contributed by atoms with Gasteiger partial charge in [-0.1, -0.05) is 29.8 Å². The van der Waals surface area contributed by atoms with E-state index in [0.717, 1.165) is 35.5 Å². The van der Waals surface area contributed by atoms with Gasteiger partial charge in [-0.3, -0.25) is 14.6 Å². The molecule has 0 bridgehead atoms. The zero-order chi connectivity index (χ0) is 20.1. The molecule has 1 atom stereocenters. The van der Waals surface area contributed by atoms with Crippen LogP contribution in [0.4, 0.5) is 5.69 Å². The molecule has 0 radical (unpaired) electrons. The van der Waals surface area contributed by atoms with Gasteiger partial charge in [0.05, 0.1) is 11.6 Å². The lowest BCUT2D eigenvalue weighted by molar-refractivity contribution is -0.141. The van der Waals surface area contributed by atoms with Crippen molar-refractivity contribution in [2.24, 2.45) is 11.0 Å². The molecule has 28 heavy (non-hydrogen) atoms. The van der Waals surface area contributed by atoms with Gasteiger partial charge in [0.15, 0.2) is 0 Å². The minimum absolute atomic E-state index is 0.0828. The van der Waals surface area contributed by atoms with Crippen LogP contribution in [0.1, 0.15) is 34.8 Å². The molecule has 0 saturated heterocycles. The molecule has 1 aliphatic heterocycles. The number of aliphatic carboxylic acids is 1. The average Bonchev–Trinajstić information content (AvgIpc) is 3.11. The van der Waals surface area contributed by atoms with E-state index in [9.17, 15) is 14.7 Å². The van der Waals surface area contributed by atoms with Gasteiger partial charge in [0.2, 0.25) is 0 Å². The molecule has 2 aromatic rings. The van der Waals surface area contributed by atoms with Crippen LogP contribution in [0.2, 0.25) is 0 Å². The lowest BCUT2D eigenvalue weighted by Gasteiger charge is -2.15. The summed E-state index contributed by atoms with van der Waals surface area (Å²) in [5.41, 5.74) is 4.57. The Morgan fingerprint density at radius 2 is 1.93 bits per heavy atom. The number of benzene rings is 2. The molecule has 2 aromatic carbocycles. The van der Waals surface area contributed by atoms with Gasteiger partial charge >= 0.3 is 5.97 Å². The van der Waals surface area contributed by atoms with Crippen LogP contribution in [-0.4, -0.2) is 35.8 Å². The third-order valence-corrected chi connectivity index (χ3v) is 4.83. The van der Waals surface area contributed by atoms with Gasteiger partial charge in [0.25, 0.3) is 5.91 Å². The zero-order valence-electron chi connectivity index (χ0n) is 16.2. The molecule has 1 unspecified atom stereocenters. The monoisotopic (exact) mass is 379 g/mol. The van der Waals surface area contributed by atoms with Crippen molar-refractivity contribution in [3.63, 3.8) is 0 Å². The van der Waals surface area contributed by atoms with Crippen molar-refractivity contribution in [2.45, 2.75) is 26.7 Å². The number of carbonyl (C=O) groups excluding carboxylic acids is 1. The maximum absolute atomic E-state index is 12.4. The van der Waals surface area contributed by atoms with Crippen LogP contribution in [0.3, 0.4) is 0 Å². The van der Waals surface area contributed by atoms with E-state index < -0.39 is 11.9 Å². The smallest absolute Gasteiger partial charge is 0.308 e. The Kier molecular flexibility index (Phi) is 6.09. The summed E-state index contributed by atoms with van der Waals surface area (Å²) in [5, 5.41) is 18.6. The van der Waals surface area contributed by atoms with Crippen molar-refractivity contribution in [3.05, 3.63) is 65.2 Å². The molecule has 0 aromatic heterocycles. The third-order valence-electron chi connectivity index (χ3n) is 4.83. The number of rotatable bonds is 7. The quantitative estimate of drug-likeness (QED) is 0.774. The molecule has 1 amide bonds. The number of hydrazone groups is 1. The van der Waals surface area contributed by atoms with E-state index in [0.29, 0.717) is 12.0 Å². The first-order valence-corrected chi connectivity index (χ1v) is 9.40. The number of hydrogen-bond donors (Lipinski definition) is 2. The van der Waals surface area contributed by atoms with Crippen LogP contribution in [-0.2, 0) is 11.2 Å². The number of carboxylic acids is 1. The number of nitrogens with zero attached hydrogens (tertiary/aromatic N) is 2. The van der Waals surface area contributed by atoms with E-state index in [-0.39, 0.29) is 12.5 Å². The highest BCUT2D eigenvalue weighted by molar-refractivity contribution is 5.95. The molecular weight excluding hydrogens is 354 g/mol. The summed E-state index contributed by atoms with van der Waals surface area (Å²) in [7, 11) is 0. The van der Waals surface area contributed by atoms with Crippen LogP contribution in [0.15, 0.2) is 53.6 Å². The minimum Gasteiger partial charge on any atom is -0.481 e. The van der Waals surface area contributed by atoms with Crippen molar-refractivity contribution in [2.75, 3.05) is 18.1 Å². The average molecular weight is 379 g/mol. The van der Waals surface area contributed by atoms with E-state index >= 15 is 0 Å². The maximum atomic E-state index is 12.4. The Balaban J connectivity index is 1.59. The van der Waals surface area contributed by atoms with Gasteiger partial charge in [-0.2, -0.15) is 5.10 Å². The molecule has 2 N–H and O–H groups in total. The van der Waals surface area contributed by atoms with Gasteiger partial charge in [0.1, 0.15) is 0 Å². The van der Waals surface area contributed by atoms with Crippen LogP contribution in [0, 0.1) is 12.8 Å². The second-order valence-electron chi connectivity index (χ2n) is 7.19. The Hall–Kier alpha value is -3.15. The SMILES string of the molecule is CC1=NN(c2ccc(C(=O)NCC(Cc3cccc(C)c3)C(=O)O)cc2)CC1. The molecule has 0 fully saturated rings. The summed E-state index contributed by atoms with van der Waals surface area (Å²) in [4.78, 5) is 24.0. The molecule has 0 saturated carbocycles. The predicted molar refractivity (Wildman–Crippen MR) is 110 cm³/mol. The van der Waals surface area contributed by atoms with Crippen molar-refractivity contribution in [1.29, 1.82) is 0 Å². The number of hydrogen-bond acceptors (Lipinski definition) is 4. The Labute approximate surface area is 164 Å². The highest BCUT2D eigenvalue weighted by Crippen LogP contribution is 2.20. The molecule has 6 heteroatoms. The topological polar surface area (TPSA) is 82.0 Å². The molecule has 1 aliphatic rings. The molecule has 0 spiro atoms. The maximum Gasteiger partial charge on any atom is 0.308 e. The molecular formula is C22H25N3O3. The van der Waals surface area contributed by atoms with E-state index in [2.05, 4.69) is 10.4 Å². The van der Waals surface area contributed by atoms with Gasteiger partial charge in [-0.15, -0.1) is 0 Å². The first kappa shape index (κ1) is 19.6. The summed E-state index contributed by atoms with van der Waals surface area (Å²) in [6.07, 6.45) is 1.32. The van der Waals surface area contributed by atoms with Gasteiger partial charge in [-0.25, -0.2) is 0 Å². The summed E-state index contributed by atoms with van der Waals surface area (Å²) in [6.45, 7) is 4.90. The summed E-state index contributed by atoms with van der Waals surface area (Å²) >= 11 is 0. The second kappa shape index (κ2) is 8.69. The number of carboxylic acid groups (broad SMARTS) is 1. The van der Waals surface area contributed by atoms with E-state index in [1.807, 2.05) is 55.3 Å². The molecule has 3 rings (SSSR count). The van der Waals surface area contributed by atoms with Gasteiger partial charge in [0, 0.05) is 30.8 Å². The Bertz CT molecular complexity index is 890. The van der Waals surface area contributed by atoms with Crippen molar-refractivity contribution in [1.82, 2.24) is 5.32 Å². The number of carbonyl (C=O) groups is 2. The lowest BCUT2D eigenvalue weighted by atomic mass is 9.98. The number of anilines is 1. The Morgan fingerprint density at radius 1 is 1.18 bits per heavy atom. The molecule has 0 aliphatic carbocycles. The zero-order valence-corrected chi connectivity index (χ0v) is 16.2. The third kappa shape index (κ3) is 4.97. The van der Waals surface area contributed by atoms with Gasteiger partial charge < -0.3 is 10.4 Å². The van der Waals surface area contributed by atoms with Crippen molar-refractivity contribution in [3.8, 4) is 0 Å². The highest BCUT2D eigenvalue weighted by atomic mass is 16.4. The second-order valence-corrected chi connectivity index (χ2v) is 7.19. The van der Waals surface area contributed by atoms with Crippen LogP contribution in [0.25, 0.3) is 0 Å². The fraction of sp³-hybridized carbons (Fsp3) is 0.318. The summed E-state index contributed by atoms with van der Waals surface area (Å²) in [6, 6.07) is 15.0. The number of aryl methyl sites for hydroxylation is 1. The van der Waals surface area contributed by atoms with E-state index in [1.165, 1.54) is 0 Å². The molecule has 6 nitrogen and oxygen atoms in total. The lowest BCUT2D eigenvalue weighted by Crippen LogP contribution is -2.34. The number of nitrogens with one attached hydrogen (secondary N) is 1. The normalized spacial score (nSPS) is 14.5. The standard InChI is InChI=1S/C22H25N3O3/c1-15-4-3-5-17(12-15)13-19(22(27)28)14-23-21(26)18-6-8-20(9-7-18)25-11-10-16(2)24-25/h3-9,12,19H,10-11,13-14H2,1-2H3,(H,23,26)(H,27,28). The van der Waals surface area contributed by atoms with Crippen molar-refractivity contribution >= 4 is 23.3 Å². The van der Waals surface area contributed by atoms with Crippen LogP contribution in [0.5, 0.6) is 0 Å². The Morgan fingerprint density at radius 3 is 2.54 bits per heavy atom. The summed E-state index contributed by atoms with van der Waals surface area (Å²) in [5.74, 6) is -1.87. The first-order valence-electron chi connectivity index (χ1n) is 9.40. The minimum atomic E-state index is -0.917. The number of amides is 1. The predicted octanol–water partition coefficient (Wildman–Crippen LogP) is 3.25. The first-order chi connectivity index (χ1) is 13.4. The largest absolute Gasteiger partial charge is 0.481 e. The fourth-order valence-corrected chi connectivity index (χ4v) is 3.23. The fourth-order valence-electron chi connectivity index (χ4n) is 3.23. The van der Waals surface area contributed by atoms with Gasteiger partial charge in [-0.05, 0) is 50.1 Å². The molecule has 1 heterocycles. The molecule has 146 valence electrons. The summed E-state index contributed by atoms with van der Waals surface area (Å²) < 4.78 is 0. The van der Waals surface area contributed by atoms with Crippen LogP contribution >= 0.6 is 0 Å². The highest BCUT2D eigenvalue weighted by Gasteiger charge is 2.20. The van der Waals surface area contributed by atoms with Crippen LogP contribution < -0.4 is 10.3 Å².